The van der Waals surface area contributed by atoms with E-state index in [-0.39, 0.29) is 5.70 Å². The van der Waals surface area contributed by atoms with Crippen LogP contribution in [0.2, 0.25) is 0 Å². The first-order valence-corrected chi connectivity index (χ1v) is 4.09. The van der Waals surface area contributed by atoms with Gasteiger partial charge in [-0.1, -0.05) is 30.3 Å². The molecule has 0 radical (unpaired) electrons. The predicted octanol–water partition coefficient (Wildman–Crippen LogP) is 1.38. The van der Waals surface area contributed by atoms with E-state index in [9.17, 15) is 9.59 Å². The average molecular weight is 207 g/mol. The maximum Gasteiger partial charge on any atom is 0.409 e. The van der Waals surface area contributed by atoms with Gasteiger partial charge in [-0.25, -0.2) is 9.59 Å². The molecule has 15 heavy (non-hydrogen) atoms. The van der Waals surface area contributed by atoms with Crippen LogP contribution >= 0.6 is 0 Å². The minimum atomic E-state index is -1.40. The third kappa shape index (κ3) is 3.51. The summed E-state index contributed by atoms with van der Waals surface area (Å²) >= 11 is 0. The molecule has 78 valence electrons. The lowest BCUT2D eigenvalue weighted by Crippen LogP contribution is -2.25. The zero-order valence-corrected chi connectivity index (χ0v) is 7.68. The summed E-state index contributed by atoms with van der Waals surface area (Å²) in [4.78, 5) is 20.9. The molecular formula is C10H9NO4. The summed E-state index contributed by atoms with van der Waals surface area (Å²) in [6.07, 6.45) is -0.157. The highest BCUT2D eigenvalue weighted by Crippen LogP contribution is 2.04. The molecule has 0 unspecified atom stereocenters. The molecule has 1 aromatic rings. The first kappa shape index (κ1) is 10.8. The van der Waals surface area contributed by atoms with Crippen LogP contribution in [0.15, 0.2) is 36.0 Å². The van der Waals surface area contributed by atoms with Crippen LogP contribution in [-0.4, -0.2) is 22.3 Å². The van der Waals surface area contributed by atoms with Crippen molar-refractivity contribution in [3.8, 4) is 0 Å². The summed E-state index contributed by atoms with van der Waals surface area (Å²) in [5.74, 6) is -1.32. The molecule has 0 aliphatic carbocycles. The second-order valence-electron chi connectivity index (χ2n) is 2.70. The van der Waals surface area contributed by atoms with Gasteiger partial charge in [0, 0.05) is 0 Å². The molecule has 0 bridgehead atoms. The number of amides is 1. The Labute approximate surface area is 85.7 Å². The normalized spacial score (nSPS) is 10.8. The molecule has 0 heterocycles. The van der Waals surface area contributed by atoms with Gasteiger partial charge < -0.3 is 10.2 Å². The smallest absolute Gasteiger partial charge is 0.409 e. The Hall–Kier alpha value is -2.30. The standard InChI is InChI=1S/C10H9NO4/c12-9(13)8(11-10(14)15)6-7-4-2-1-3-5-7/h1-6,11H,(H,12,13)(H,14,15). The molecule has 0 atom stereocenters. The molecule has 3 N–H and O–H groups in total. The summed E-state index contributed by atoms with van der Waals surface area (Å²) < 4.78 is 0. The third-order valence-corrected chi connectivity index (χ3v) is 1.58. The van der Waals surface area contributed by atoms with Gasteiger partial charge in [0.25, 0.3) is 0 Å². The number of carboxylic acids is 1. The number of rotatable bonds is 3. The van der Waals surface area contributed by atoms with E-state index in [1.807, 2.05) is 0 Å². The zero-order chi connectivity index (χ0) is 11.3. The van der Waals surface area contributed by atoms with Gasteiger partial charge >= 0.3 is 12.1 Å². The number of benzene rings is 1. The number of carbonyl (C=O) groups is 2. The highest BCUT2D eigenvalue weighted by Gasteiger charge is 2.09. The van der Waals surface area contributed by atoms with Crippen LogP contribution in [0, 0.1) is 0 Å². The number of aliphatic carboxylic acids is 1. The molecule has 0 fully saturated rings. The van der Waals surface area contributed by atoms with Gasteiger partial charge in [-0.2, -0.15) is 0 Å². The minimum absolute atomic E-state index is 0.381. The SMILES string of the molecule is O=C(O)NC(=Cc1ccccc1)C(=O)O. The second kappa shape index (κ2) is 4.80. The van der Waals surface area contributed by atoms with E-state index in [1.54, 1.807) is 35.6 Å². The molecule has 0 spiro atoms. The quantitative estimate of drug-likeness (QED) is 0.653. The Kier molecular flexibility index (Phi) is 3.45. The highest BCUT2D eigenvalue weighted by molar-refractivity contribution is 5.95. The van der Waals surface area contributed by atoms with Crippen LogP contribution in [0.5, 0.6) is 0 Å². The molecule has 0 aliphatic heterocycles. The minimum Gasteiger partial charge on any atom is -0.477 e. The van der Waals surface area contributed by atoms with E-state index in [2.05, 4.69) is 0 Å². The van der Waals surface area contributed by atoms with Crippen LogP contribution in [0.1, 0.15) is 5.56 Å². The van der Waals surface area contributed by atoms with Crippen LogP contribution in [0.4, 0.5) is 4.79 Å². The monoisotopic (exact) mass is 207 g/mol. The Morgan fingerprint density at radius 1 is 1.13 bits per heavy atom. The van der Waals surface area contributed by atoms with Gasteiger partial charge in [0.05, 0.1) is 0 Å². The fraction of sp³-hybridized carbons (Fsp3) is 0. The summed E-state index contributed by atoms with van der Waals surface area (Å²) in [6, 6.07) is 8.58. The third-order valence-electron chi connectivity index (χ3n) is 1.58. The average Bonchev–Trinajstić information content (AvgIpc) is 2.17. The lowest BCUT2D eigenvalue weighted by molar-refractivity contribution is -0.132. The molecule has 1 aromatic carbocycles. The molecule has 0 aliphatic rings. The predicted molar refractivity (Wildman–Crippen MR) is 53.2 cm³/mol. The maximum atomic E-state index is 10.6. The molecule has 5 nitrogen and oxygen atoms in total. The van der Waals surface area contributed by atoms with E-state index in [1.165, 1.54) is 6.08 Å². The summed E-state index contributed by atoms with van der Waals surface area (Å²) in [5.41, 5.74) is 0.234. The largest absolute Gasteiger partial charge is 0.477 e. The van der Waals surface area contributed by atoms with Crippen LogP contribution in [0.25, 0.3) is 6.08 Å². The van der Waals surface area contributed by atoms with E-state index in [4.69, 9.17) is 10.2 Å². The Bertz CT molecular complexity index is 397. The molecule has 5 heteroatoms. The van der Waals surface area contributed by atoms with Gasteiger partial charge in [0.1, 0.15) is 5.70 Å². The van der Waals surface area contributed by atoms with Crippen molar-refractivity contribution >= 4 is 18.1 Å². The van der Waals surface area contributed by atoms with Crippen molar-refractivity contribution in [1.82, 2.24) is 5.32 Å². The molecule has 0 saturated carbocycles. The topological polar surface area (TPSA) is 86.6 Å². The second-order valence-corrected chi connectivity index (χ2v) is 2.70. The number of hydrogen-bond acceptors (Lipinski definition) is 2. The first-order chi connectivity index (χ1) is 7.09. The maximum absolute atomic E-state index is 10.6. The molecule has 0 aromatic heterocycles. The van der Waals surface area contributed by atoms with Gasteiger partial charge in [0.2, 0.25) is 0 Å². The molecule has 1 amide bonds. The van der Waals surface area contributed by atoms with Crippen LogP contribution in [0.3, 0.4) is 0 Å². The highest BCUT2D eigenvalue weighted by atomic mass is 16.4. The molecule has 1 rings (SSSR count). The van der Waals surface area contributed by atoms with E-state index >= 15 is 0 Å². The van der Waals surface area contributed by atoms with E-state index < -0.39 is 12.1 Å². The van der Waals surface area contributed by atoms with Crippen LogP contribution < -0.4 is 5.32 Å². The van der Waals surface area contributed by atoms with Gasteiger partial charge in [0.15, 0.2) is 0 Å². The summed E-state index contributed by atoms with van der Waals surface area (Å²) in [5, 5.41) is 18.9. The zero-order valence-electron chi connectivity index (χ0n) is 7.68. The van der Waals surface area contributed by atoms with E-state index in [0.717, 1.165) is 0 Å². The van der Waals surface area contributed by atoms with Crippen molar-refractivity contribution in [1.29, 1.82) is 0 Å². The fourth-order valence-corrected chi connectivity index (χ4v) is 0.982. The van der Waals surface area contributed by atoms with Crippen molar-refractivity contribution in [3.63, 3.8) is 0 Å². The molecule has 0 saturated heterocycles. The fourth-order valence-electron chi connectivity index (χ4n) is 0.982. The van der Waals surface area contributed by atoms with E-state index in [0.29, 0.717) is 5.56 Å². The van der Waals surface area contributed by atoms with Crippen molar-refractivity contribution in [3.05, 3.63) is 41.6 Å². The summed E-state index contributed by atoms with van der Waals surface area (Å²) in [6.45, 7) is 0. The molecular weight excluding hydrogens is 198 g/mol. The van der Waals surface area contributed by atoms with Crippen molar-refractivity contribution in [2.75, 3.05) is 0 Å². The number of hydrogen-bond donors (Lipinski definition) is 3. The van der Waals surface area contributed by atoms with Crippen molar-refractivity contribution in [2.24, 2.45) is 0 Å². The number of carboxylic acid groups (broad SMARTS) is 2. The Balaban J connectivity index is 2.94. The van der Waals surface area contributed by atoms with Crippen LogP contribution in [-0.2, 0) is 4.79 Å². The Morgan fingerprint density at radius 3 is 2.20 bits per heavy atom. The number of nitrogens with one attached hydrogen (secondary N) is 1. The summed E-state index contributed by atoms with van der Waals surface area (Å²) in [7, 11) is 0. The van der Waals surface area contributed by atoms with Crippen molar-refractivity contribution in [2.45, 2.75) is 0 Å². The lowest BCUT2D eigenvalue weighted by Gasteiger charge is -2.01. The Morgan fingerprint density at radius 2 is 1.73 bits per heavy atom. The first-order valence-electron chi connectivity index (χ1n) is 4.09. The van der Waals surface area contributed by atoms with Gasteiger partial charge in [-0.3, -0.25) is 5.32 Å². The lowest BCUT2D eigenvalue weighted by atomic mass is 10.2. The van der Waals surface area contributed by atoms with Crippen molar-refractivity contribution < 1.29 is 19.8 Å². The van der Waals surface area contributed by atoms with Gasteiger partial charge in [-0.05, 0) is 11.6 Å². The van der Waals surface area contributed by atoms with Gasteiger partial charge in [-0.15, -0.1) is 0 Å².